The number of Topliss-reactive ketones (excluding diaryl/α,β-unsaturated/α-hetero) is 1. The molecule has 0 amide bonds. The van der Waals surface area contributed by atoms with Gasteiger partial charge in [0.25, 0.3) is 0 Å². The zero-order valence-electron chi connectivity index (χ0n) is 20.8. The van der Waals surface area contributed by atoms with Crippen LogP contribution in [0.25, 0.3) is 0 Å². The van der Waals surface area contributed by atoms with E-state index in [-0.39, 0.29) is 29.2 Å². The number of hydrogen-bond donors (Lipinski definition) is 1. The molecule has 178 valence electrons. The largest absolute Gasteiger partial charge is 0.459 e. The Morgan fingerprint density at radius 2 is 1.73 bits per heavy atom. The fourth-order valence-corrected chi connectivity index (χ4v) is 5.73. The summed E-state index contributed by atoms with van der Waals surface area (Å²) in [5.41, 5.74) is 5.13. The van der Waals surface area contributed by atoms with Crippen molar-refractivity contribution in [2.45, 2.75) is 85.2 Å². The minimum Gasteiger partial charge on any atom is -0.459 e. The lowest BCUT2D eigenvalue weighted by molar-refractivity contribution is -0.144. The number of nitrogens with one attached hydrogen (secondary N) is 1. The number of anilines is 1. The van der Waals surface area contributed by atoms with E-state index in [9.17, 15) is 9.59 Å². The summed E-state index contributed by atoms with van der Waals surface area (Å²) in [6, 6.07) is 8.38. The van der Waals surface area contributed by atoms with Crippen LogP contribution in [0.1, 0.15) is 84.6 Å². The van der Waals surface area contributed by atoms with Crippen molar-refractivity contribution in [3.8, 4) is 0 Å². The molecule has 5 nitrogen and oxygen atoms in total. The van der Waals surface area contributed by atoms with Crippen LogP contribution in [0, 0.1) is 5.41 Å². The Labute approximate surface area is 198 Å². The van der Waals surface area contributed by atoms with Crippen molar-refractivity contribution in [1.29, 1.82) is 0 Å². The number of benzene rings is 1. The SMILES string of the molecule is CCN(CC)c1ccc([C@H]2C(C(=O)OC3CCCC3)=C(C)NC3=C2C(=O)CC(C)(C)C3)cc1. The first-order chi connectivity index (χ1) is 15.7. The molecule has 0 aromatic heterocycles. The summed E-state index contributed by atoms with van der Waals surface area (Å²) in [4.78, 5) is 29.2. The Hall–Kier alpha value is -2.56. The van der Waals surface area contributed by atoms with Crippen molar-refractivity contribution in [3.05, 3.63) is 52.4 Å². The summed E-state index contributed by atoms with van der Waals surface area (Å²) in [6.45, 7) is 12.4. The molecule has 0 unspecified atom stereocenters. The third-order valence-electron chi connectivity index (χ3n) is 7.39. The van der Waals surface area contributed by atoms with Crippen molar-refractivity contribution < 1.29 is 14.3 Å². The molecular weight excluding hydrogens is 412 g/mol. The molecule has 1 aromatic carbocycles. The van der Waals surface area contributed by atoms with Gasteiger partial charge in [-0.15, -0.1) is 0 Å². The average Bonchev–Trinajstić information content (AvgIpc) is 3.26. The predicted octanol–water partition coefficient (Wildman–Crippen LogP) is 5.62. The molecule has 0 bridgehead atoms. The van der Waals surface area contributed by atoms with E-state index in [0.717, 1.165) is 73.4 Å². The van der Waals surface area contributed by atoms with Gasteiger partial charge >= 0.3 is 5.97 Å². The highest BCUT2D eigenvalue weighted by Gasteiger charge is 2.43. The molecule has 1 heterocycles. The van der Waals surface area contributed by atoms with Crippen LogP contribution in [0.2, 0.25) is 0 Å². The fraction of sp³-hybridized carbons (Fsp3) is 0.571. The first-order valence-electron chi connectivity index (χ1n) is 12.5. The standard InChI is InChI=1S/C28H38N2O3/c1-6-30(7-2)20-14-12-19(13-15-20)25-24(27(32)33-21-10-8-9-11-21)18(3)29-22-16-28(4,5)17-23(31)26(22)25/h12-15,21,25,29H,6-11,16-17H2,1-5H3/t25-/m0/s1. The van der Waals surface area contributed by atoms with Crippen LogP contribution in [0.15, 0.2) is 46.8 Å². The van der Waals surface area contributed by atoms with Gasteiger partial charge < -0.3 is 15.0 Å². The van der Waals surface area contributed by atoms with Gasteiger partial charge in [-0.05, 0) is 76.0 Å². The van der Waals surface area contributed by atoms with Gasteiger partial charge in [-0.3, -0.25) is 4.79 Å². The maximum atomic E-state index is 13.5. The minimum atomic E-state index is -0.385. The lowest BCUT2D eigenvalue weighted by Gasteiger charge is -2.39. The van der Waals surface area contributed by atoms with Crippen LogP contribution >= 0.6 is 0 Å². The molecule has 1 N–H and O–H groups in total. The van der Waals surface area contributed by atoms with E-state index in [1.165, 1.54) is 0 Å². The second-order valence-electron chi connectivity index (χ2n) is 10.5. The van der Waals surface area contributed by atoms with Crippen LogP contribution in [-0.4, -0.2) is 30.9 Å². The van der Waals surface area contributed by atoms with Crippen molar-refractivity contribution >= 4 is 17.4 Å². The molecule has 3 aliphatic rings. The number of ether oxygens (including phenoxy) is 1. The molecule has 0 saturated heterocycles. The minimum absolute atomic E-state index is 0.0140. The second kappa shape index (κ2) is 9.36. The molecule has 1 atom stereocenters. The number of nitrogens with zero attached hydrogens (tertiary/aromatic N) is 1. The fourth-order valence-electron chi connectivity index (χ4n) is 5.73. The van der Waals surface area contributed by atoms with E-state index < -0.39 is 0 Å². The summed E-state index contributed by atoms with van der Waals surface area (Å²) in [5, 5.41) is 3.44. The van der Waals surface area contributed by atoms with E-state index in [2.05, 4.69) is 62.2 Å². The third-order valence-corrected chi connectivity index (χ3v) is 7.39. The quantitative estimate of drug-likeness (QED) is 0.570. The number of rotatable bonds is 6. The van der Waals surface area contributed by atoms with Crippen LogP contribution < -0.4 is 10.2 Å². The Kier molecular flexibility index (Phi) is 6.69. The van der Waals surface area contributed by atoms with Crippen LogP contribution in [0.3, 0.4) is 0 Å². The number of ketones is 1. The Morgan fingerprint density at radius 3 is 2.33 bits per heavy atom. The predicted molar refractivity (Wildman–Crippen MR) is 132 cm³/mol. The first-order valence-corrected chi connectivity index (χ1v) is 12.5. The zero-order chi connectivity index (χ0) is 23.8. The molecular formula is C28H38N2O3. The normalized spacial score (nSPS) is 22.8. The van der Waals surface area contributed by atoms with Crippen LogP contribution in [0.5, 0.6) is 0 Å². The summed E-state index contributed by atoms with van der Waals surface area (Å²) < 4.78 is 5.95. The van der Waals surface area contributed by atoms with Gasteiger partial charge in [0.05, 0.1) is 5.57 Å². The number of carbonyl (C=O) groups excluding carboxylic acids is 2. The van der Waals surface area contributed by atoms with Crippen molar-refractivity contribution in [1.82, 2.24) is 5.32 Å². The lowest BCUT2D eigenvalue weighted by atomic mass is 9.68. The van der Waals surface area contributed by atoms with Gasteiger partial charge in [0.1, 0.15) is 6.10 Å². The molecule has 1 saturated carbocycles. The monoisotopic (exact) mass is 450 g/mol. The van der Waals surface area contributed by atoms with E-state index in [1.807, 2.05) is 6.92 Å². The average molecular weight is 451 g/mol. The van der Waals surface area contributed by atoms with Crippen LogP contribution in [-0.2, 0) is 14.3 Å². The highest BCUT2D eigenvalue weighted by molar-refractivity contribution is 6.04. The van der Waals surface area contributed by atoms with E-state index in [0.29, 0.717) is 12.0 Å². The number of esters is 1. The number of dihydropyridines is 1. The Bertz CT molecular complexity index is 977. The van der Waals surface area contributed by atoms with Crippen molar-refractivity contribution in [2.75, 3.05) is 18.0 Å². The first kappa shape index (κ1) is 23.6. The molecule has 1 aliphatic heterocycles. The maximum absolute atomic E-state index is 13.5. The highest BCUT2D eigenvalue weighted by Crippen LogP contribution is 2.47. The van der Waals surface area contributed by atoms with E-state index >= 15 is 0 Å². The Morgan fingerprint density at radius 1 is 1.09 bits per heavy atom. The topological polar surface area (TPSA) is 58.6 Å². The molecule has 5 heteroatoms. The van der Waals surface area contributed by atoms with Gasteiger partial charge in [0.15, 0.2) is 5.78 Å². The molecule has 1 fully saturated rings. The summed E-state index contributed by atoms with van der Waals surface area (Å²) in [7, 11) is 0. The number of allylic oxidation sites excluding steroid dienone is 3. The molecule has 1 aromatic rings. The molecule has 2 aliphatic carbocycles. The maximum Gasteiger partial charge on any atom is 0.337 e. The number of hydrogen-bond acceptors (Lipinski definition) is 5. The molecule has 4 rings (SSSR count). The van der Waals surface area contributed by atoms with Gasteiger partial charge in [0.2, 0.25) is 0 Å². The van der Waals surface area contributed by atoms with Crippen molar-refractivity contribution in [3.63, 3.8) is 0 Å². The summed E-state index contributed by atoms with van der Waals surface area (Å²) in [5.74, 6) is -0.538. The molecule has 0 spiro atoms. The number of carbonyl (C=O) groups is 2. The smallest absolute Gasteiger partial charge is 0.337 e. The second-order valence-corrected chi connectivity index (χ2v) is 10.5. The van der Waals surface area contributed by atoms with Gasteiger partial charge in [-0.25, -0.2) is 4.79 Å². The van der Waals surface area contributed by atoms with Gasteiger partial charge in [-0.2, -0.15) is 0 Å². The van der Waals surface area contributed by atoms with Gasteiger partial charge in [0, 0.05) is 48.1 Å². The zero-order valence-corrected chi connectivity index (χ0v) is 20.8. The highest BCUT2D eigenvalue weighted by atomic mass is 16.5. The summed E-state index contributed by atoms with van der Waals surface area (Å²) in [6.07, 6.45) is 5.34. The molecule has 0 radical (unpaired) electrons. The molecule has 33 heavy (non-hydrogen) atoms. The van der Waals surface area contributed by atoms with Crippen LogP contribution in [0.4, 0.5) is 5.69 Å². The van der Waals surface area contributed by atoms with Crippen molar-refractivity contribution in [2.24, 2.45) is 5.41 Å². The van der Waals surface area contributed by atoms with E-state index in [1.54, 1.807) is 0 Å². The lowest BCUT2D eigenvalue weighted by Crippen LogP contribution is -2.39. The van der Waals surface area contributed by atoms with Gasteiger partial charge in [-0.1, -0.05) is 26.0 Å². The third kappa shape index (κ3) is 4.73. The summed E-state index contributed by atoms with van der Waals surface area (Å²) >= 11 is 0. The Balaban J connectivity index is 1.76. The van der Waals surface area contributed by atoms with E-state index in [4.69, 9.17) is 4.74 Å².